The molecular weight excluding hydrogens is 396 g/mol. The fraction of sp³-hybridized carbons (Fsp3) is 0.522. The first kappa shape index (κ1) is 21.5. The molecule has 2 N–H and O–H groups in total. The number of benzene rings is 1. The van der Waals surface area contributed by atoms with Crippen LogP contribution < -0.4 is 10.9 Å². The molecular formula is C23H30N4O4. The van der Waals surface area contributed by atoms with Gasteiger partial charge in [0.05, 0.1) is 12.2 Å². The Kier molecular flexibility index (Phi) is 6.99. The van der Waals surface area contributed by atoms with Gasteiger partial charge in [0.25, 0.3) is 5.56 Å². The number of carbonyl (C=O) groups excluding carboxylic acids is 1. The molecule has 0 spiro atoms. The van der Waals surface area contributed by atoms with E-state index in [4.69, 9.17) is 9.47 Å². The van der Waals surface area contributed by atoms with Crippen molar-refractivity contribution in [1.82, 2.24) is 14.9 Å². The molecule has 0 saturated carbocycles. The maximum absolute atomic E-state index is 13.1. The molecule has 2 saturated heterocycles. The monoisotopic (exact) mass is 426 g/mol. The van der Waals surface area contributed by atoms with Gasteiger partial charge in [0, 0.05) is 49.3 Å². The number of ether oxygens (including phenoxy) is 2. The molecule has 8 nitrogen and oxygen atoms in total. The second-order valence-electron chi connectivity index (χ2n) is 8.12. The van der Waals surface area contributed by atoms with Gasteiger partial charge in [0.15, 0.2) is 0 Å². The summed E-state index contributed by atoms with van der Waals surface area (Å²) in [5.41, 5.74) is 1.94. The third-order valence-electron chi connectivity index (χ3n) is 5.73. The minimum atomic E-state index is -0.185. The van der Waals surface area contributed by atoms with Gasteiger partial charge in [-0.1, -0.05) is 19.1 Å². The van der Waals surface area contributed by atoms with E-state index in [0.29, 0.717) is 31.0 Å². The van der Waals surface area contributed by atoms with E-state index in [9.17, 15) is 9.59 Å². The van der Waals surface area contributed by atoms with Crippen LogP contribution >= 0.6 is 0 Å². The normalized spacial score (nSPS) is 20.7. The maximum atomic E-state index is 13.1. The van der Waals surface area contributed by atoms with Crippen molar-refractivity contribution in [3.63, 3.8) is 0 Å². The van der Waals surface area contributed by atoms with Gasteiger partial charge in [-0.2, -0.15) is 0 Å². The lowest BCUT2D eigenvalue weighted by Gasteiger charge is -2.28. The average molecular weight is 427 g/mol. The first-order valence-corrected chi connectivity index (χ1v) is 11.1. The quantitative estimate of drug-likeness (QED) is 0.709. The lowest BCUT2D eigenvalue weighted by atomic mass is 10.1. The van der Waals surface area contributed by atoms with Gasteiger partial charge < -0.3 is 24.7 Å². The van der Waals surface area contributed by atoms with Gasteiger partial charge in [0.2, 0.25) is 0 Å². The summed E-state index contributed by atoms with van der Waals surface area (Å²) in [5.74, 6) is 0.496. The van der Waals surface area contributed by atoms with Crippen molar-refractivity contribution >= 4 is 11.7 Å². The van der Waals surface area contributed by atoms with Crippen molar-refractivity contribution in [2.75, 3.05) is 31.6 Å². The summed E-state index contributed by atoms with van der Waals surface area (Å²) >= 11 is 0. The third kappa shape index (κ3) is 5.71. The number of aryl methyl sites for hydroxylation is 1. The van der Waals surface area contributed by atoms with Crippen LogP contribution in [-0.4, -0.2) is 59.4 Å². The van der Waals surface area contributed by atoms with Crippen LogP contribution in [0.4, 0.5) is 10.5 Å². The number of anilines is 1. The van der Waals surface area contributed by atoms with E-state index in [1.54, 1.807) is 4.90 Å². The first-order valence-electron chi connectivity index (χ1n) is 11.1. The lowest BCUT2D eigenvalue weighted by molar-refractivity contribution is 0.0524. The average Bonchev–Trinajstić information content (AvgIpc) is 3.47. The molecule has 1 aromatic heterocycles. The predicted molar refractivity (Wildman–Crippen MR) is 118 cm³/mol. The van der Waals surface area contributed by atoms with Crippen LogP contribution in [0.5, 0.6) is 0 Å². The standard InChI is InChI=1S/C23H30N4O4/c1-2-17-13-21(28)26-22(24-17)16-6-3-7-18(12-16)25-23(29)27(14-19-8-4-10-30-19)15-20-9-5-11-31-20/h3,6-7,12-13,19-20H,2,4-5,8-11,14-15H2,1H3,(H,25,29)(H,24,26,28). The van der Waals surface area contributed by atoms with Gasteiger partial charge in [-0.05, 0) is 44.2 Å². The van der Waals surface area contributed by atoms with Crippen molar-refractivity contribution in [2.24, 2.45) is 0 Å². The molecule has 0 radical (unpaired) electrons. The van der Waals surface area contributed by atoms with E-state index in [2.05, 4.69) is 15.3 Å². The topological polar surface area (TPSA) is 96.6 Å². The van der Waals surface area contributed by atoms with Crippen molar-refractivity contribution in [2.45, 2.75) is 51.2 Å². The van der Waals surface area contributed by atoms with Gasteiger partial charge >= 0.3 is 6.03 Å². The summed E-state index contributed by atoms with van der Waals surface area (Å²) in [6, 6.07) is 8.69. The minimum Gasteiger partial charge on any atom is -0.376 e. The Morgan fingerprint density at radius 1 is 1.16 bits per heavy atom. The second-order valence-corrected chi connectivity index (χ2v) is 8.12. The molecule has 4 rings (SSSR count). The van der Waals surface area contributed by atoms with Crippen LogP contribution in [0.15, 0.2) is 35.1 Å². The highest BCUT2D eigenvalue weighted by Crippen LogP contribution is 2.21. The summed E-state index contributed by atoms with van der Waals surface area (Å²) < 4.78 is 11.5. The van der Waals surface area contributed by atoms with E-state index in [1.165, 1.54) is 6.07 Å². The molecule has 2 atom stereocenters. The van der Waals surface area contributed by atoms with Gasteiger partial charge in [-0.25, -0.2) is 9.78 Å². The number of rotatable bonds is 7. The minimum absolute atomic E-state index is 0.0737. The Hall–Kier alpha value is -2.71. The fourth-order valence-electron chi connectivity index (χ4n) is 4.08. The number of amides is 2. The zero-order chi connectivity index (χ0) is 21.6. The van der Waals surface area contributed by atoms with Gasteiger partial charge in [-0.15, -0.1) is 0 Å². The van der Waals surface area contributed by atoms with Crippen LogP contribution in [0.25, 0.3) is 11.4 Å². The van der Waals surface area contributed by atoms with E-state index < -0.39 is 0 Å². The molecule has 2 amide bonds. The Morgan fingerprint density at radius 3 is 2.48 bits per heavy atom. The van der Waals surface area contributed by atoms with E-state index >= 15 is 0 Å². The second kappa shape index (κ2) is 10.1. The van der Waals surface area contributed by atoms with Crippen LogP contribution in [0.3, 0.4) is 0 Å². The molecule has 8 heteroatoms. The number of aromatic amines is 1. The molecule has 2 unspecified atom stereocenters. The van der Waals surface area contributed by atoms with E-state index in [0.717, 1.165) is 50.2 Å². The zero-order valence-corrected chi connectivity index (χ0v) is 17.9. The van der Waals surface area contributed by atoms with Gasteiger partial charge in [0.1, 0.15) is 5.82 Å². The molecule has 0 aliphatic carbocycles. The summed E-state index contributed by atoms with van der Waals surface area (Å²) in [4.78, 5) is 34.1. The number of H-pyrrole nitrogens is 1. The molecule has 31 heavy (non-hydrogen) atoms. The smallest absolute Gasteiger partial charge is 0.322 e. The van der Waals surface area contributed by atoms with Crippen molar-refractivity contribution in [3.8, 4) is 11.4 Å². The number of nitrogens with one attached hydrogen (secondary N) is 2. The SMILES string of the molecule is CCc1cc(=O)[nH]c(-c2cccc(NC(=O)N(CC3CCCO3)CC3CCCO3)c2)n1. The summed E-state index contributed by atoms with van der Waals surface area (Å²) in [6.45, 7) is 4.57. The van der Waals surface area contributed by atoms with Crippen molar-refractivity contribution < 1.29 is 14.3 Å². The third-order valence-corrected chi connectivity index (χ3v) is 5.73. The van der Waals surface area contributed by atoms with Gasteiger partial charge in [-0.3, -0.25) is 4.79 Å². The summed E-state index contributed by atoms with van der Waals surface area (Å²) in [7, 11) is 0. The first-order chi connectivity index (χ1) is 15.1. The number of aromatic nitrogens is 2. The van der Waals surface area contributed by atoms with Crippen LogP contribution in [-0.2, 0) is 15.9 Å². The van der Waals surface area contributed by atoms with Crippen molar-refractivity contribution in [3.05, 3.63) is 46.4 Å². The summed E-state index contributed by atoms with van der Waals surface area (Å²) in [5, 5.41) is 3.00. The molecule has 166 valence electrons. The van der Waals surface area contributed by atoms with E-state index in [1.807, 2.05) is 31.2 Å². The highest BCUT2D eigenvalue weighted by molar-refractivity contribution is 5.90. The highest BCUT2D eigenvalue weighted by atomic mass is 16.5. The number of hydrogen-bond acceptors (Lipinski definition) is 5. The Balaban J connectivity index is 1.49. The largest absolute Gasteiger partial charge is 0.376 e. The number of hydrogen-bond donors (Lipinski definition) is 2. The molecule has 0 bridgehead atoms. The van der Waals surface area contributed by atoms with E-state index in [-0.39, 0.29) is 23.8 Å². The molecule has 2 aromatic rings. The zero-order valence-electron chi connectivity index (χ0n) is 17.9. The fourth-order valence-corrected chi connectivity index (χ4v) is 4.08. The Morgan fingerprint density at radius 2 is 1.87 bits per heavy atom. The predicted octanol–water partition coefficient (Wildman–Crippen LogP) is 3.19. The van der Waals surface area contributed by atoms with Crippen LogP contribution in [0.1, 0.15) is 38.3 Å². The molecule has 3 heterocycles. The highest BCUT2D eigenvalue weighted by Gasteiger charge is 2.27. The maximum Gasteiger partial charge on any atom is 0.322 e. The molecule has 1 aromatic carbocycles. The molecule has 2 fully saturated rings. The number of nitrogens with zero attached hydrogens (tertiary/aromatic N) is 2. The van der Waals surface area contributed by atoms with Crippen molar-refractivity contribution in [1.29, 1.82) is 0 Å². The summed E-state index contributed by atoms with van der Waals surface area (Å²) in [6.07, 6.45) is 4.83. The Labute approximate surface area is 182 Å². The Bertz CT molecular complexity index is 931. The lowest BCUT2D eigenvalue weighted by Crippen LogP contribution is -2.44. The number of urea groups is 1. The molecule has 2 aliphatic heterocycles. The number of carbonyl (C=O) groups is 1. The van der Waals surface area contributed by atoms with Crippen LogP contribution in [0, 0.1) is 0 Å². The molecule has 2 aliphatic rings. The van der Waals surface area contributed by atoms with Crippen LogP contribution in [0.2, 0.25) is 0 Å².